The van der Waals surface area contributed by atoms with Crippen LogP contribution in [0.15, 0.2) is 0 Å². The summed E-state index contributed by atoms with van der Waals surface area (Å²) in [6.07, 6.45) is 0.796. The molecule has 0 aromatic heterocycles. The lowest BCUT2D eigenvalue weighted by Gasteiger charge is -2.12. The van der Waals surface area contributed by atoms with Crippen molar-refractivity contribution in [2.45, 2.75) is 31.9 Å². The van der Waals surface area contributed by atoms with E-state index in [1.165, 1.54) is 7.11 Å². The van der Waals surface area contributed by atoms with Crippen molar-refractivity contribution >= 4 is 15.8 Å². The molecule has 0 saturated carbocycles. The molecule has 78 valence electrons. The minimum absolute atomic E-state index is 0.0423. The lowest BCUT2D eigenvalue weighted by Crippen LogP contribution is -2.32. The van der Waals surface area contributed by atoms with Crippen LogP contribution in [0.5, 0.6) is 0 Å². The molecule has 0 bridgehead atoms. The van der Waals surface area contributed by atoms with Crippen LogP contribution in [0.1, 0.15) is 26.7 Å². The molecule has 0 heterocycles. The third-order valence-electron chi connectivity index (χ3n) is 1.76. The zero-order valence-electron chi connectivity index (χ0n) is 8.24. The highest BCUT2D eigenvalue weighted by Gasteiger charge is 2.30. The van der Waals surface area contributed by atoms with E-state index in [-0.39, 0.29) is 12.2 Å². The van der Waals surface area contributed by atoms with Gasteiger partial charge in [-0.3, -0.25) is 4.79 Å². The zero-order valence-corrected chi connectivity index (χ0v) is 9.06. The molecular formula is C8H16O4S. The summed E-state index contributed by atoms with van der Waals surface area (Å²) in [5.74, 6) is -0.614. The van der Waals surface area contributed by atoms with Crippen LogP contribution in [-0.4, -0.2) is 32.5 Å². The van der Waals surface area contributed by atoms with Gasteiger partial charge in [-0.2, -0.15) is 0 Å². The molecule has 13 heavy (non-hydrogen) atoms. The number of esters is 1. The van der Waals surface area contributed by atoms with E-state index in [1.54, 1.807) is 13.8 Å². The predicted octanol–water partition coefficient (Wildman–Crippen LogP) is 0.763. The van der Waals surface area contributed by atoms with Gasteiger partial charge in [0.05, 0.1) is 12.9 Å². The summed E-state index contributed by atoms with van der Waals surface area (Å²) in [5.41, 5.74) is 0. The molecule has 0 aromatic rings. The molecule has 0 rings (SSSR count). The van der Waals surface area contributed by atoms with Crippen molar-refractivity contribution in [3.05, 3.63) is 0 Å². The number of rotatable bonds is 5. The fraction of sp³-hybridized carbons (Fsp3) is 0.875. The van der Waals surface area contributed by atoms with Gasteiger partial charge in [0.1, 0.15) is 0 Å². The number of methoxy groups -OCH3 is 1. The summed E-state index contributed by atoms with van der Waals surface area (Å²) in [7, 11) is -2.11. The minimum Gasteiger partial charge on any atom is -0.468 e. The van der Waals surface area contributed by atoms with Gasteiger partial charge in [0.15, 0.2) is 15.1 Å². The van der Waals surface area contributed by atoms with Crippen LogP contribution in [0.25, 0.3) is 0 Å². The highest BCUT2D eigenvalue weighted by atomic mass is 32.2. The smallest absolute Gasteiger partial charge is 0.324 e. The van der Waals surface area contributed by atoms with Gasteiger partial charge >= 0.3 is 5.97 Å². The first-order chi connectivity index (χ1) is 5.99. The van der Waals surface area contributed by atoms with Gasteiger partial charge in [-0.25, -0.2) is 8.42 Å². The first-order valence-electron chi connectivity index (χ1n) is 4.29. The van der Waals surface area contributed by atoms with Crippen molar-refractivity contribution < 1.29 is 17.9 Å². The van der Waals surface area contributed by atoms with Crippen LogP contribution in [0.3, 0.4) is 0 Å². The normalized spacial score (nSPS) is 13.8. The topological polar surface area (TPSA) is 60.4 Å². The third-order valence-corrected chi connectivity index (χ3v) is 4.13. The van der Waals surface area contributed by atoms with Gasteiger partial charge in [0, 0.05) is 0 Å². The molecule has 0 spiro atoms. The van der Waals surface area contributed by atoms with Crippen LogP contribution in [-0.2, 0) is 19.4 Å². The Labute approximate surface area is 79.2 Å². The Bertz CT molecular complexity index is 255. The predicted molar refractivity (Wildman–Crippen MR) is 50.2 cm³/mol. The lowest BCUT2D eigenvalue weighted by atomic mass is 10.3. The first-order valence-corrected chi connectivity index (χ1v) is 6.00. The number of hydrogen-bond donors (Lipinski definition) is 0. The summed E-state index contributed by atoms with van der Waals surface area (Å²) >= 11 is 0. The Morgan fingerprint density at radius 2 is 1.92 bits per heavy atom. The van der Waals surface area contributed by atoms with Crippen LogP contribution >= 0.6 is 0 Å². The molecule has 1 atom stereocenters. The molecule has 0 radical (unpaired) electrons. The molecule has 0 aliphatic rings. The largest absolute Gasteiger partial charge is 0.468 e. The van der Waals surface area contributed by atoms with Crippen molar-refractivity contribution in [3.8, 4) is 0 Å². The van der Waals surface area contributed by atoms with Crippen LogP contribution in [0.2, 0.25) is 0 Å². The third kappa shape index (κ3) is 3.34. The van der Waals surface area contributed by atoms with Crippen molar-refractivity contribution in [2.75, 3.05) is 12.9 Å². The maximum Gasteiger partial charge on any atom is 0.324 e. The average molecular weight is 208 g/mol. The Morgan fingerprint density at radius 3 is 2.23 bits per heavy atom. The van der Waals surface area contributed by atoms with Crippen molar-refractivity contribution in [1.29, 1.82) is 0 Å². The Morgan fingerprint density at radius 1 is 1.38 bits per heavy atom. The molecule has 4 nitrogen and oxygen atoms in total. The average Bonchev–Trinajstić information content (AvgIpc) is 2.04. The fourth-order valence-electron chi connectivity index (χ4n) is 1.13. The Balaban J connectivity index is 4.67. The molecule has 0 aliphatic heterocycles. The molecule has 1 unspecified atom stereocenters. The van der Waals surface area contributed by atoms with Gasteiger partial charge in [-0.05, 0) is 12.8 Å². The maximum atomic E-state index is 11.5. The number of sulfone groups is 1. The van der Waals surface area contributed by atoms with Gasteiger partial charge < -0.3 is 4.74 Å². The molecule has 0 fully saturated rings. The van der Waals surface area contributed by atoms with Crippen molar-refractivity contribution in [3.63, 3.8) is 0 Å². The van der Waals surface area contributed by atoms with E-state index in [9.17, 15) is 13.2 Å². The Hall–Kier alpha value is -0.580. The van der Waals surface area contributed by atoms with Gasteiger partial charge in [0.2, 0.25) is 0 Å². The SMILES string of the molecule is CCCS(=O)(=O)C(CC)C(=O)OC. The van der Waals surface area contributed by atoms with E-state index in [2.05, 4.69) is 4.74 Å². The standard InChI is InChI=1S/C8H16O4S/c1-4-6-13(10,11)7(5-2)8(9)12-3/h7H,4-6H2,1-3H3. The van der Waals surface area contributed by atoms with E-state index < -0.39 is 21.1 Å². The second kappa shape index (κ2) is 5.21. The van der Waals surface area contributed by atoms with Crippen LogP contribution in [0.4, 0.5) is 0 Å². The van der Waals surface area contributed by atoms with E-state index in [0.717, 1.165) is 0 Å². The molecule has 0 aliphatic carbocycles. The summed E-state index contributed by atoms with van der Waals surface area (Å²) in [4.78, 5) is 11.1. The van der Waals surface area contributed by atoms with Crippen molar-refractivity contribution in [2.24, 2.45) is 0 Å². The number of carbonyl (C=O) groups is 1. The second-order valence-electron chi connectivity index (χ2n) is 2.79. The highest BCUT2D eigenvalue weighted by molar-refractivity contribution is 7.92. The van der Waals surface area contributed by atoms with E-state index >= 15 is 0 Å². The zero-order chi connectivity index (χ0) is 10.5. The molecule has 0 amide bonds. The summed E-state index contributed by atoms with van der Waals surface area (Å²) in [6.45, 7) is 3.43. The molecule has 0 N–H and O–H groups in total. The second-order valence-corrected chi connectivity index (χ2v) is 5.09. The van der Waals surface area contributed by atoms with Gasteiger partial charge in [0.25, 0.3) is 0 Å². The lowest BCUT2D eigenvalue weighted by molar-refractivity contribution is -0.140. The minimum atomic E-state index is -3.31. The molecule has 5 heteroatoms. The number of carbonyl (C=O) groups excluding carboxylic acids is 1. The molecule has 0 aromatic carbocycles. The highest BCUT2D eigenvalue weighted by Crippen LogP contribution is 2.09. The fourth-order valence-corrected chi connectivity index (χ4v) is 2.88. The number of hydrogen-bond acceptors (Lipinski definition) is 4. The Kier molecular flexibility index (Phi) is 4.98. The van der Waals surface area contributed by atoms with E-state index in [0.29, 0.717) is 6.42 Å². The molecular weight excluding hydrogens is 192 g/mol. The van der Waals surface area contributed by atoms with E-state index in [1.807, 2.05) is 0 Å². The summed E-state index contributed by atoms with van der Waals surface area (Å²) in [6, 6.07) is 0. The van der Waals surface area contributed by atoms with Gasteiger partial charge in [-0.1, -0.05) is 13.8 Å². The number of ether oxygens (including phenoxy) is 1. The summed E-state index contributed by atoms with van der Waals surface area (Å²) < 4.78 is 27.3. The van der Waals surface area contributed by atoms with E-state index in [4.69, 9.17) is 0 Å². The maximum absolute atomic E-state index is 11.5. The van der Waals surface area contributed by atoms with Crippen LogP contribution in [0, 0.1) is 0 Å². The first kappa shape index (κ1) is 12.4. The molecule has 0 saturated heterocycles. The van der Waals surface area contributed by atoms with Crippen LogP contribution < -0.4 is 0 Å². The van der Waals surface area contributed by atoms with Gasteiger partial charge in [-0.15, -0.1) is 0 Å². The quantitative estimate of drug-likeness (QED) is 0.626. The monoisotopic (exact) mass is 208 g/mol. The van der Waals surface area contributed by atoms with Crippen molar-refractivity contribution in [1.82, 2.24) is 0 Å². The summed E-state index contributed by atoms with van der Waals surface area (Å²) in [5, 5.41) is -0.988.